The number of rotatable bonds is 5. The Morgan fingerprint density at radius 2 is 2.20 bits per heavy atom. The number of nitrogens with zero attached hydrogens (tertiary/aromatic N) is 1. The predicted octanol–water partition coefficient (Wildman–Crippen LogP) is 1.65. The summed E-state index contributed by atoms with van der Waals surface area (Å²) in [7, 11) is 3.44. The molecule has 0 N–H and O–H groups in total. The minimum Gasteiger partial charge on any atom is -0.377 e. The molecule has 0 bridgehead atoms. The van der Waals surface area contributed by atoms with Crippen molar-refractivity contribution in [2.24, 2.45) is 0 Å². The van der Waals surface area contributed by atoms with Crippen LogP contribution >= 0.6 is 0 Å². The monoisotopic (exact) mass is 207 g/mol. The van der Waals surface area contributed by atoms with Crippen LogP contribution in [0.15, 0.2) is 24.3 Å². The topological polar surface area (TPSA) is 29.5 Å². The van der Waals surface area contributed by atoms with E-state index in [4.69, 9.17) is 4.74 Å². The van der Waals surface area contributed by atoms with Crippen LogP contribution in [0.3, 0.4) is 0 Å². The molecule has 0 aromatic heterocycles. The molecule has 0 saturated carbocycles. The molecule has 0 spiro atoms. The lowest BCUT2D eigenvalue weighted by Gasteiger charge is -2.18. The van der Waals surface area contributed by atoms with Crippen LogP contribution in [0.1, 0.15) is 5.56 Å². The first-order chi connectivity index (χ1) is 7.13. The third-order valence-corrected chi connectivity index (χ3v) is 2.16. The Morgan fingerprint density at radius 3 is 2.80 bits per heavy atom. The van der Waals surface area contributed by atoms with Crippen molar-refractivity contribution in [3.05, 3.63) is 29.8 Å². The summed E-state index contributed by atoms with van der Waals surface area (Å²) < 4.78 is 4.79. The summed E-state index contributed by atoms with van der Waals surface area (Å²) in [6, 6.07) is 8.07. The van der Waals surface area contributed by atoms with Gasteiger partial charge in [0.05, 0.1) is 6.54 Å². The predicted molar refractivity (Wildman–Crippen MR) is 61.3 cm³/mol. The summed E-state index contributed by atoms with van der Waals surface area (Å²) in [6.07, 6.45) is 0. The highest BCUT2D eigenvalue weighted by atomic mass is 16.5. The molecule has 1 rings (SSSR count). The van der Waals surface area contributed by atoms with Crippen molar-refractivity contribution in [1.29, 1.82) is 0 Å². The third kappa shape index (κ3) is 3.72. The molecular weight excluding hydrogens is 190 g/mol. The van der Waals surface area contributed by atoms with Crippen molar-refractivity contribution in [2.75, 3.05) is 32.2 Å². The molecule has 0 aliphatic heterocycles. The highest BCUT2D eigenvalue weighted by Gasteiger charge is 2.06. The van der Waals surface area contributed by atoms with E-state index in [2.05, 4.69) is 6.07 Å². The number of aryl methyl sites for hydroxylation is 1. The van der Waals surface area contributed by atoms with Crippen LogP contribution < -0.4 is 4.90 Å². The molecule has 0 aliphatic rings. The van der Waals surface area contributed by atoms with Gasteiger partial charge in [0, 0.05) is 19.8 Å². The Labute approximate surface area is 90.7 Å². The fraction of sp³-hybridized carbons (Fsp3) is 0.417. The van der Waals surface area contributed by atoms with Gasteiger partial charge in [-0.2, -0.15) is 0 Å². The van der Waals surface area contributed by atoms with Gasteiger partial charge in [-0.1, -0.05) is 12.1 Å². The van der Waals surface area contributed by atoms with Crippen LogP contribution in [0.5, 0.6) is 0 Å². The molecule has 15 heavy (non-hydrogen) atoms. The molecule has 0 saturated heterocycles. The van der Waals surface area contributed by atoms with Crippen LogP contribution in [-0.2, 0) is 9.53 Å². The SMILES string of the molecule is COCC(=O)CN(C)c1cccc(C)c1. The maximum Gasteiger partial charge on any atom is 0.177 e. The number of hydrogen-bond donors (Lipinski definition) is 0. The third-order valence-electron chi connectivity index (χ3n) is 2.16. The number of methoxy groups -OCH3 is 1. The lowest BCUT2D eigenvalue weighted by molar-refractivity contribution is -0.121. The zero-order valence-electron chi connectivity index (χ0n) is 9.49. The van der Waals surface area contributed by atoms with E-state index in [-0.39, 0.29) is 12.4 Å². The fourth-order valence-electron chi connectivity index (χ4n) is 1.43. The van der Waals surface area contributed by atoms with Crippen molar-refractivity contribution < 1.29 is 9.53 Å². The van der Waals surface area contributed by atoms with E-state index in [1.165, 1.54) is 12.7 Å². The molecule has 0 amide bonds. The number of ketones is 1. The van der Waals surface area contributed by atoms with Crippen molar-refractivity contribution in [3.8, 4) is 0 Å². The number of carbonyl (C=O) groups is 1. The van der Waals surface area contributed by atoms with E-state index in [0.29, 0.717) is 6.54 Å². The number of likely N-dealkylation sites (N-methyl/N-ethyl adjacent to an activating group) is 1. The van der Waals surface area contributed by atoms with E-state index in [1.54, 1.807) is 0 Å². The van der Waals surface area contributed by atoms with Gasteiger partial charge < -0.3 is 9.64 Å². The molecule has 0 fully saturated rings. The number of hydrogen-bond acceptors (Lipinski definition) is 3. The van der Waals surface area contributed by atoms with Gasteiger partial charge in [0.2, 0.25) is 0 Å². The first-order valence-electron chi connectivity index (χ1n) is 4.92. The summed E-state index contributed by atoms with van der Waals surface area (Å²) in [5, 5.41) is 0. The Bertz CT molecular complexity index is 336. The van der Waals surface area contributed by atoms with Crippen LogP contribution in [0, 0.1) is 6.92 Å². The molecule has 0 atom stereocenters. The smallest absolute Gasteiger partial charge is 0.177 e. The fourth-order valence-corrected chi connectivity index (χ4v) is 1.43. The van der Waals surface area contributed by atoms with Crippen LogP contribution in [0.2, 0.25) is 0 Å². The minimum atomic E-state index is 0.0847. The van der Waals surface area contributed by atoms with Gasteiger partial charge in [0.1, 0.15) is 6.61 Å². The minimum absolute atomic E-state index is 0.0847. The zero-order valence-corrected chi connectivity index (χ0v) is 9.49. The van der Waals surface area contributed by atoms with E-state index in [9.17, 15) is 4.79 Å². The van der Waals surface area contributed by atoms with Gasteiger partial charge in [-0.15, -0.1) is 0 Å². The van der Waals surface area contributed by atoms with E-state index in [0.717, 1.165) is 5.69 Å². The molecule has 0 heterocycles. The molecule has 0 unspecified atom stereocenters. The zero-order chi connectivity index (χ0) is 11.3. The number of benzene rings is 1. The molecule has 1 aromatic rings. The normalized spacial score (nSPS) is 10.1. The highest BCUT2D eigenvalue weighted by Crippen LogP contribution is 2.13. The lowest BCUT2D eigenvalue weighted by atomic mass is 10.2. The average Bonchev–Trinajstić information content (AvgIpc) is 2.18. The standard InChI is InChI=1S/C12H17NO2/c1-10-5-4-6-11(7-10)13(2)8-12(14)9-15-3/h4-7H,8-9H2,1-3H3. The first-order valence-corrected chi connectivity index (χ1v) is 4.92. The summed E-state index contributed by atoms with van der Waals surface area (Å²) in [6.45, 7) is 2.60. The van der Waals surface area contributed by atoms with Gasteiger partial charge in [0.15, 0.2) is 5.78 Å². The van der Waals surface area contributed by atoms with Gasteiger partial charge in [-0.25, -0.2) is 0 Å². The maximum atomic E-state index is 11.3. The van der Waals surface area contributed by atoms with Gasteiger partial charge in [0.25, 0.3) is 0 Å². The second-order valence-corrected chi connectivity index (χ2v) is 3.67. The van der Waals surface area contributed by atoms with Gasteiger partial charge >= 0.3 is 0 Å². The molecule has 82 valence electrons. The second-order valence-electron chi connectivity index (χ2n) is 3.67. The van der Waals surface area contributed by atoms with Crippen molar-refractivity contribution in [3.63, 3.8) is 0 Å². The quantitative estimate of drug-likeness (QED) is 0.735. The van der Waals surface area contributed by atoms with Gasteiger partial charge in [-0.05, 0) is 24.6 Å². The van der Waals surface area contributed by atoms with E-state index in [1.807, 2.05) is 37.1 Å². The number of ether oxygens (including phenoxy) is 1. The molecule has 1 aromatic carbocycles. The van der Waals surface area contributed by atoms with E-state index < -0.39 is 0 Å². The van der Waals surface area contributed by atoms with E-state index >= 15 is 0 Å². The number of anilines is 1. The molecule has 3 nitrogen and oxygen atoms in total. The van der Waals surface area contributed by atoms with Crippen molar-refractivity contribution in [2.45, 2.75) is 6.92 Å². The second kappa shape index (κ2) is 5.51. The molecule has 0 aliphatic carbocycles. The Morgan fingerprint density at radius 1 is 1.47 bits per heavy atom. The van der Waals surface area contributed by atoms with Crippen LogP contribution in [-0.4, -0.2) is 33.1 Å². The molecule has 0 radical (unpaired) electrons. The Hall–Kier alpha value is -1.35. The summed E-state index contributed by atoms with van der Waals surface area (Å²) >= 11 is 0. The van der Waals surface area contributed by atoms with Gasteiger partial charge in [-0.3, -0.25) is 4.79 Å². The summed E-state index contributed by atoms with van der Waals surface area (Å²) in [4.78, 5) is 13.3. The largest absolute Gasteiger partial charge is 0.377 e. The molecule has 3 heteroatoms. The number of Topliss-reactive ketones (excluding diaryl/α,β-unsaturated/α-hetero) is 1. The highest BCUT2D eigenvalue weighted by molar-refractivity contribution is 5.84. The maximum absolute atomic E-state index is 11.3. The van der Waals surface area contributed by atoms with Crippen LogP contribution in [0.25, 0.3) is 0 Å². The lowest BCUT2D eigenvalue weighted by Crippen LogP contribution is -2.27. The number of carbonyl (C=O) groups excluding carboxylic acids is 1. The molecular formula is C12H17NO2. The van der Waals surface area contributed by atoms with Crippen LogP contribution in [0.4, 0.5) is 5.69 Å². The summed E-state index contributed by atoms with van der Waals surface area (Å²) in [5.74, 6) is 0.0847. The average molecular weight is 207 g/mol. The van der Waals surface area contributed by atoms with Crippen molar-refractivity contribution >= 4 is 11.5 Å². The summed E-state index contributed by atoms with van der Waals surface area (Å²) in [5.41, 5.74) is 2.25. The Kier molecular flexibility index (Phi) is 4.31. The first kappa shape index (κ1) is 11.7. The Balaban J connectivity index is 2.60. The van der Waals surface area contributed by atoms with Crippen molar-refractivity contribution in [1.82, 2.24) is 0 Å².